The van der Waals surface area contributed by atoms with Crippen LogP contribution in [0.2, 0.25) is 0 Å². The van der Waals surface area contributed by atoms with E-state index in [2.05, 4.69) is 32.5 Å². The number of anilines is 2. The number of halogens is 3. The Hall–Kier alpha value is -3.12. The number of nitrogens with two attached hydrogens (primary N) is 1. The van der Waals surface area contributed by atoms with Gasteiger partial charge in [-0.05, 0) is 101 Å². The van der Waals surface area contributed by atoms with Crippen molar-refractivity contribution < 1.29 is 28.1 Å². The highest BCUT2D eigenvalue weighted by Crippen LogP contribution is 2.31. The topological polar surface area (TPSA) is 129 Å². The van der Waals surface area contributed by atoms with Crippen LogP contribution in [0.3, 0.4) is 0 Å². The monoisotopic (exact) mass is 638 g/mol. The van der Waals surface area contributed by atoms with Crippen LogP contribution in [0.25, 0.3) is 10.9 Å². The SMILES string of the molecule is CNCCC(CCCCO)Nc1cccc2c1cc(C#CCNc1ccc(SNC)cc1OC)n2CC(F)(F)F.NCCO. The van der Waals surface area contributed by atoms with Crippen LogP contribution < -0.4 is 31.1 Å². The molecular weight excluding hydrogens is 593 g/mol. The van der Waals surface area contributed by atoms with E-state index in [4.69, 9.17) is 20.7 Å². The molecule has 1 atom stereocenters. The summed E-state index contributed by atoms with van der Waals surface area (Å²) in [5, 5.41) is 27.5. The molecule has 0 aliphatic rings. The highest BCUT2D eigenvalue weighted by Gasteiger charge is 2.30. The molecule has 44 heavy (non-hydrogen) atoms. The number of nitrogens with zero attached hydrogens (tertiary/aromatic N) is 1. The Morgan fingerprint density at radius 1 is 1.05 bits per heavy atom. The number of fused-ring (bicyclic) bond motifs is 1. The van der Waals surface area contributed by atoms with Gasteiger partial charge in [-0.15, -0.1) is 0 Å². The molecule has 244 valence electrons. The fourth-order valence-electron chi connectivity index (χ4n) is 4.47. The van der Waals surface area contributed by atoms with Crippen LogP contribution in [0.5, 0.6) is 5.75 Å². The highest BCUT2D eigenvalue weighted by atomic mass is 32.2. The largest absolute Gasteiger partial charge is 0.495 e. The Morgan fingerprint density at radius 3 is 2.45 bits per heavy atom. The first-order valence-electron chi connectivity index (χ1n) is 14.5. The number of hydrogen-bond donors (Lipinski definition) is 7. The maximum Gasteiger partial charge on any atom is 0.406 e. The van der Waals surface area contributed by atoms with Crippen LogP contribution in [0.1, 0.15) is 31.4 Å². The first-order chi connectivity index (χ1) is 21.2. The second-order valence-corrected chi connectivity index (χ2v) is 10.8. The molecule has 0 spiro atoms. The number of benzene rings is 2. The lowest BCUT2D eigenvalue weighted by atomic mass is 10.1. The minimum atomic E-state index is -4.40. The molecule has 0 saturated heterocycles. The third-order valence-corrected chi connectivity index (χ3v) is 7.15. The molecule has 0 aliphatic carbocycles. The van der Waals surface area contributed by atoms with Crippen molar-refractivity contribution in [2.45, 2.75) is 49.3 Å². The molecule has 1 unspecified atom stereocenters. The fourth-order valence-corrected chi connectivity index (χ4v) is 5.00. The van der Waals surface area contributed by atoms with Crippen molar-refractivity contribution >= 4 is 34.2 Å². The predicted molar refractivity (Wildman–Crippen MR) is 174 cm³/mol. The number of ether oxygens (including phenoxy) is 1. The van der Waals surface area contributed by atoms with Crippen molar-refractivity contribution in [1.82, 2.24) is 14.6 Å². The zero-order chi connectivity index (χ0) is 32.4. The van der Waals surface area contributed by atoms with Gasteiger partial charge >= 0.3 is 6.18 Å². The maximum absolute atomic E-state index is 13.6. The first-order valence-corrected chi connectivity index (χ1v) is 15.3. The quantitative estimate of drug-likeness (QED) is 0.0694. The van der Waals surface area contributed by atoms with Crippen LogP contribution in [0, 0.1) is 11.8 Å². The Morgan fingerprint density at radius 2 is 1.82 bits per heavy atom. The van der Waals surface area contributed by atoms with E-state index >= 15 is 0 Å². The molecule has 0 radical (unpaired) electrons. The average Bonchev–Trinajstić information content (AvgIpc) is 3.35. The summed E-state index contributed by atoms with van der Waals surface area (Å²) < 4.78 is 50.5. The third kappa shape index (κ3) is 12.5. The van der Waals surface area contributed by atoms with Crippen LogP contribution in [-0.4, -0.2) is 81.1 Å². The Kier molecular flexibility index (Phi) is 16.9. The van der Waals surface area contributed by atoms with E-state index in [0.717, 1.165) is 42.1 Å². The Labute approximate surface area is 262 Å². The predicted octanol–water partition coefficient (Wildman–Crippen LogP) is 4.39. The van der Waals surface area contributed by atoms with Crippen LogP contribution >= 0.6 is 11.9 Å². The summed E-state index contributed by atoms with van der Waals surface area (Å²) in [4.78, 5) is 0.985. The smallest absolute Gasteiger partial charge is 0.406 e. The van der Waals surface area contributed by atoms with Gasteiger partial charge in [-0.1, -0.05) is 12.0 Å². The minimum Gasteiger partial charge on any atom is -0.495 e. The molecule has 0 bridgehead atoms. The van der Waals surface area contributed by atoms with E-state index in [1.807, 2.05) is 38.4 Å². The van der Waals surface area contributed by atoms with Crippen molar-refractivity contribution in [3.8, 4) is 17.6 Å². The second-order valence-electron chi connectivity index (χ2n) is 9.76. The van der Waals surface area contributed by atoms with Gasteiger partial charge in [0.1, 0.15) is 12.3 Å². The van der Waals surface area contributed by atoms with Crippen molar-refractivity contribution in [2.75, 3.05) is 64.7 Å². The van der Waals surface area contributed by atoms with E-state index in [9.17, 15) is 13.2 Å². The lowest BCUT2D eigenvalue weighted by molar-refractivity contribution is -0.140. The Balaban J connectivity index is 0.00000159. The number of hydrogen-bond acceptors (Lipinski definition) is 9. The van der Waals surface area contributed by atoms with E-state index in [1.54, 1.807) is 25.3 Å². The van der Waals surface area contributed by atoms with E-state index < -0.39 is 12.7 Å². The second kappa shape index (κ2) is 20.0. The van der Waals surface area contributed by atoms with Gasteiger partial charge in [0.25, 0.3) is 0 Å². The molecule has 1 heterocycles. The van der Waals surface area contributed by atoms with Crippen LogP contribution in [0.15, 0.2) is 47.4 Å². The van der Waals surface area contributed by atoms with Gasteiger partial charge < -0.3 is 41.2 Å². The minimum absolute atomic E-state index is 0.0972. The lowest BCUT2D eigenvalue weighted by Gasteiger charge is -2.20. The summed E-state index contributed by atoms with van der Waals surface area (Å²) in [6, 6.07) is 12.9. The summed E-state index contributed by atoms with van der Waals surface area (Å²) in [7, 11) is 5.30. The standard InChI is InChI=1S/C29H38F3N5O2S.C2H7NO/c1-33-16-14-21(8-4-5-17-38)36-25-10-6-11-27-24(25)18-22(37(27)20-29(30,31)32)9-7-15-35-26-13-12-23(40-34-2)19-28(26)39-3;3-1-2-4/h6,10-13,18-19,21,33-36,38H,4-5,8,14-17,20H2,1-3H3;4H,1-3H2. The molecule has 8 N–H and O–H groups in total. The van der Waals surface area contributed by atoms with E-state index in [-0.39, 0.29) is 25.8 Å². The molecule has 0 saturated carbocycles. The fraction of sp³-hybridized carbons (Fsp3) is 0.484. The molecule has 2 aromatic carbocycles. The van der Waals surface area contributed by atoms with Crippen LogP contribution in [0.4, 0.5) is 24.5 Å². The van der Waals surface area contributed by atoms with Crippen molar-refractivity contribution in [3.63, 3.8) is 0 Å². The third-order valence-electron chi connectivity index (χ3n) is 6.45. The highest BCUT2D eigenvalue weighted by molar-refractivity contribution is 7.97. The molecule has 9 nitrogen and oxygen atoms in total. The summed E-state index contributed by atoms with van der Waals surface area (Å²) in [5.74, 6) is 6.58. The van der Waals surface area contributed by atoms with Gasteiger partial charge in [-0.2, -0.15) is 13.2 Å². The number of aliphatic hydroxyl groups is 2. The molecule has 0 fully saturated rings. The summed E-state index contributed by atoms with van der Waals surface area (Å²) in [6.45, 7) is 0.506. The summed E-state index contributed by atoms with van der Waals surface area (Å²) in [6.07, 6.45) is -1.14. The van der Waals surface area contributed by atoms with Crippen molar-refractivity contribution in [3.05, 3.63) is 48.2 Å². The number of aromatic nitrogens is 1. The molecular formula is C31H45F3N6O3S. The van der Waals surface area contributed by atoms with Gasteiger partial charge in [-0.25, -0.2) is 0 Å². The first kappa shape index (κ1) is 37.1. The molecule has 3 aromatic rings. The lowest BCUT2D eigenvalue weighted by Crippen LogP contribution is -2.24. The molecule has 3 rings (SSSR count). The summed E-state index contributed by atoms with van der Waals surface area (Å²) in [5.41, 5.74) is 7.06. The zero-order valence-corrected chi connectivity index (χ0v) is 26.4. The Bertz CT molecular complexity index is 1320. The van der Waals surface area contributed by atoms with Crippen molar-refractivity contribution in [2.24, 2.45) is 5.73 Å². The average molecular weight is 639 g/mol. The van der Waals surface area contributed by atoms with Gasteiger partial charge in [0.05, 0.1) is 37.2 Å². The van der Waals surface area contributed by atoms with Gasteiger partial charge in [-0.3, -0.25) is 4.72 Å². The normalized spacial score (nSPS) is 11.8. The maximum atomic E-state index is 13.6. The summed E-state index contributed by atoms with van der Waals surface area (Å²) >= 11 is 1.46. The molecule has 1 aromatic heterocycles. The van der Waals surface area contributed by atoms with Gasteiger partial charge in [0.15, 0.2) is 0 Å². The molecule has 13 heteroatoms. The van der Waals surface area contributed by atoms with Crippen molar-refractivity contribution in [1.29, 1.82) is 0 Å². The number of aliphatic hydroxyl groups excluding tert-OH is 2. The number of methoxy groups -OCH3 is 1. The van der Waals surface area contributed by atoms with E-state index in [1.165, 1.54) is 16.5 Å². The van der Waals surface area contributed by atoms with Crippen LogP contribution in [-0.2, 0) is 6.54 Å². The van der Waals surface area contributed by atoms with Gasteiger partial charge in [0.2, 0.25) is 0 Å². The van der Waals surface area contributed by atoms with Gasteiger partial charge in [0, 0.05) is 35.2 Å². The number of unbranched alkanes of at least 4 members (excludes halogenated alkanes) is 1. The number of alkyl halides is 3. The van der Waals surface area contributed by atoms with E-state index in [0.29, 0.717) is 35.3 Å². The number of rotatable bonds is 16. The number of nitrogens with one attached hydrogen (secondary N) is 4. The molecule has 0 amide bonds. The zero-order valence-electron chi connectivity index (χ0n) is 25.6. The molecule has 0 aliphatic heterocycles.